The lowest BCUT2D eigenvalue weighted by molar-refractivity contribution is -0.133. The summed E-state index contributed by atoms with van der Waals surface area (Å²) in [5, 5.41) is 12.3. The molecule has 0 radical (unpaired) electrons. The molecule has 0 aliphatic carbocycles. The van der Waals surface area contributed by atoms with Crippen LogP contribution in [0.4, 0.5) is 0 Å². The molecule has 0 unspecified atom stereocenters. The number of nitrogens with zero attached hydrogens (tertiary/aromatic N) is 1. The first-order chi connectivity index (χ1) is 19.3. The Labute approximate surface area is 232 Å². The van der Waals surface area contributed by atoms with Gasteiger partial charge in [0, 0.05) is 18.7 Å². The van der Waals surface area contributed by atoms with Crippen LogP contribution < -0.4 is 25.0 Å². The Hall–Kier alpha value is -4.13. The summed E-state index contributed by atoms with van der Waals surface area (Å²) in [5.74, 6) is 0.388. The minimum atomic E-state index is -4.22. The molecule has 3 aromatic rings. The Morgan fingerprint density at radius 3 is 2.42 bits per heavy atom. The Kier molecular flexibility index (Phi) is 9.59. The number of benzene rings is 3. The van der Waals surface area contributed by atoms with Gasteiger partial charge in [-0.3, -0.25) is 14.8 Å². The molecule has 1 atom stereocenters. The van der Waals surface area contributed by atoms with Crippen LogP contribution in [-0.4, -0.2) is 56.2 Å². The molecule has 4 rings (SSSR count). The zero-order chi connectivity index (χ0) is 28.5. The molecule has 2 amide bonds. The molecular weight excluding hydrogens is 538 g/mol. The minimum Gasteiger partial charge on any atom is -0.497 e. The third-order valence-electron chi connectivity index (χ3n) is 6.43. The summed E-state index contributed by atoms with van der Waals surface area (Å²) in [6, 6.07) is 18.4. The lowest BCUT2D eigenvalue weighted by atomic mass is 10.1. The van der Waals surface area contributed by atoms with Crippen LogP contribution in [0.2, 0.25) is 0 Å². The van der Waals surface area contributed by atoms with Crippen molar-refractivity contribution < 1.29 is 37.4 Å². The predicted octanol–water partition coefficient (Wildman–Crippen LogP) is 3.09. The highest BCUT2D eigenvalue weighted by Crippen LogP contribution is 2.34. The third kappa shape index (κ3) is 6.89. The summed E-state index contributed by atoms with van der Waals surface area (Å²) in [5.41, 5.74) is 2.71. The zero-order valence-corrected chi connectivity index (χ0v) is 22.7. The number of hydrogen-bond acceptors (Lipinski definition) is 8. The van der Waals surface area contributed by atoms with Gasteiger partial charge in [-0.15, -0.1) is 0 Å². The van der Waals surface area contributed by atoms with Crippen LogP contribution in [-0.2, 0) is 21.4 Å². The fourth-order valence-corrected chi connectivity index (χ4v) is 5.91. The lowest BCUT2D eigenvalue weighted by Gasteiger charge is -2.30. The van der Waals surface area contributed by atoms with E-state index >= 15 is 0 Å². The van der Waals surface area contributed by atoms with Crippen molar-refractivity contribution in [1.82, 2.24) is 15.1 Å². The molecule has 0 fully saturated rings. The Balaban J connectivity index is 1.53. The van der Waals surface area contributed by atoms with Gasteiger partial charge in [-0.25, -0.2) is 13.9 Å². The standard InChI is InChI=1S/C28H31N3O8S/c1-37-22-11-13-23(14-12-22)40(35,36)31(18-20-10-15-25-26(17-20)39-19-38-25)24(28(33)30-34)9-5-6-16-29-27(32)21-7-3-2-4-8-21/h2-4,7-8,10-15,17,24,34H,5-6,9,16,18-19H2,1H3,(H,29,32)(H,30,33)/t24-/m1/s1. The molecule has 3 N–H and O–H groups in total. The number of sulfonamides is 1. The second-order valence-corrected chi connectivity index (χ2v) is 10.9. The summed E-state index contributed by atoms with van der Waals surface area (Å²) in [7, 11) is -2.75. The van der Waals surface area contributed by atoms with Crippen LogP contribution in [0.1, 0.15) is 35.2 Å². The monoisotopic (exact) mass is 569 g/mol. The first kappa shape index (κ1) is 28.9. The largest absolute Gasteiger partial charge is 0.497 e. The van der Waals surface area contributed by atoms with Gasteiger partial charge in [0.1, 0.15) is 11.8 Å². The van der Waals surface area contributed by atoms with Gasteiger partial charge in [0.15, 0.2) is 11.5 Å². The van der Waals surface area contributed by atoms with E-state index in [0.29, 0.717) is 47.8 Å². The van der Waals surface area contributed by atoms with E-state index in [1.807, 2.05) is 6.07 Å². The summed E-state index contributed by atoms with van der Waals surface area (Å²) in [6.45, 7) is 0.214. The molecule has 0 saturated heterocycles. The van der Waals surface area contributed by atoms with Crippen molar-refractivity contribution in [3.63, 3.8) is 0 Å². The number of carbonyl (C=O) groups excluding carboxylic acids is 2. The number of hydroxylamine groups is 1. The highest BCUT2D eigenvalue weighted by Gasteiger charge is 2.36. The summed E-state index contributed by atoms with van der Waals surface area (Å²) in [6.07, 6.45) is 0.963. The van der Waals surface area contributed by atoms with E-state index < -0.39 is 22.0 Å². The quantitative estimate of drug-likeness (QED) is 0.162. The molecule has 1 aliphatic rings. The van der Waals surface area contributed by atoms with E-state index in [1.165, 1.54) is 31.4 Å². The molecule has 3 aromatic carbocycles. The van der Waals surface area contributed by atoms with E-state index in [-0.39, 0.29) is 30.6 Å². The van der Waals surface area contributed by atoms with Crippen LogP contribution in [0.25, 0.3) is 0 Å². The molecule has 11 nitrogen and oxygen atoms in total. The van der Waals surface area contributed by atoms with E-state index in [0.717, 1.165) is 4.31 Å². The molecular formula is C28H31N3O8S. The Bertz CT molecular complexity index is 1420. The van der Waals surface area contributed by atoms with Crippen molar-refractivity contribution in [2.24, 2.45) is 0 Å². The third-order valence-corrected chi connectivity index (χ3v) is 8.30. The molecule has 0 saturated carbocycles. The van der Waals surface area contributed by atoms with Crippen LogP contribution >= 0.6 is 0 Å². The zero-order valence-electron chi connectivity index (χ0n) is 21.9. The van der Waals surface area contributed by atoms with E-state index in [4.69, 9.17) is 14.2 Å². The minimum absolute atomic E-state index is 0.0418. The summed E-state index contributed by atoms with van der Waals surface area (Å²) >= 11 is 0. The van der Waals surface area contributed by atoms with Gasteiger partial charge in [0.2, 0.25) is 16.8 Å². The van der Waals surface area contributed by atoms with E-state index in [2.05, 4.69) is 5.32 Å². The van der Waals surface area contributed by atoms with Crippen molar-refractivity contribution in [3.8, 4) is 17.2 Å². The Morgan fingerprint density at radius 2 is 1.73 bits per heavy atom. The number of unbranched alkanes of at least 4 members (excludes halogenated alkanes) is 1. The van der Waals surface area contributed by atoms with Gasteiger partial charge in [0.25, 0.3) is 11.8 Å². The maximum Gasteiger partial charge on any atom is 0.261 e. The smallest absolute Gasteiger partial charge is 0.261 e. The molecule has 0 bridgehead atoms. The van der Waals surface area contributed by atoms with E-state index in [9.17, 15) is 23.2 Å². The first-order valence-electron chi connectivity index (χ1n) is 12.6. The number of amides is 2. The van der Waals surface area contributed by atoms with Gasteiger partial charge >= 0.3 is 0 Å². The van der Waals surface area contributed by atoms with Crippen molar-refractivity contribution >= 4 is 21.8 Å². The highest BCUT2D eigenvalue weighted by molar-refractivity contribution is 7.89. The van der Waals surface area contributed by atoms with Crippen molar-refractivity contribution in [2.75, 3.05) is 20.4 Å². The number of hydrogen-bond donors (Lipinski definition) is 3. The number of ether oxygens (including phenoxy) is 3. The molecule has 1 aliphatic heterocycles. The first-order valence-corrected chi connectivity index (χ1v) is 14.1. The lowest BCUT2D eigenvalue weighted by Crippen LogP contribution is -2.48. The van der Waals surface area contributed by atoms with Crippen molar-refractivity contribution in [2.45, 2.75) is 36.7 Å². The average Bonchev–Trinajstić information content (AvgIpc) is 3.46. The van der Waals surface area contributed by atoms with Crippen LogP contribution in [0, 0.1) is 0 Å². The SMILES string of the molecule is COc1ccc(S(=O)(=O)N(Cc2ccc3c(c2)OCO3)[C@H](CCCCNC(=O)c2ccccc2)C(=O)NO)cc1. The number of rotatable bonds is 13. The predicted molar refractivity (Wildman–Crippen MR) is 145 cm³/mol. The highest BCUT2D eigenvalue weighted by atomic mass is 32.2. The second kappa shape index (κ2) is 13.3. The number of nitrogens with one attached hydrogen (secondary N) is 2. The molecule has 212 valence electrons. The fourth-order valence-electron chi connectivity index (χ4n) is 4.30. The van der Waals surface area contributed by atoms with E-state index in [1.54, 1.807) is 47.9 Å². The summed E-state index contributed by atoms with van der Waals surface area (Å²) < 4.78 is 44.7. The van der Waals surface area contributed by atoms with Crippen LogP contribution in [0.5, 0.6) is 17.2 Å². The normalized spacial score (nSPS) is 13.1. The average molecular weight is 570 g/mol. The van der Waals surface area contributed by atoms with Gasteiger partial charge in [-0.1, -0.05) is 24.3 Å². The van der Waals surface area contributed by atoms with Gasteiger partial charge in [-0.2, -0.15) is 4.31 Å². The maximum absolute atomic E-state index is 13.9. The van der Waals surface area contributed by atoms with Crippen LogP contribution in [0.15, 0.2) is 77.7 Å². The second-order valence-electron chi connectivity index (χ2n) is 9.02. The number of methoxy groups -OCH3 is 1. The summed E-state index contributed by atoms with van der Waals surface area (Å²) in [4.78, 5) is 25.1. The van der Waals surface area contributed by atoms with Gasteiger partial charge < -0.3 is 19.5 Å². The topological polar surface area (TPSA) is 144 Å². The van der Waals surface area contributed by atoms with Crippen molar-refractivity contribution in [1.29, 1.82) is 0 Å². The van der Waals surface area contributed by atoms with Gasteiger partial charge in [-0.05, 0) is 73.4 Å². The number of carbonyl (C=O) groups is 2. The molecule has 40 heavy (non-hydrogen) atoms. The number of fused-ring (bicyclic) bond motifs is 1. The van der Waals surface area contributed by atoms with Crippen molar-refractivity contribution in [3.05, 3.63) is 83.9 Å². The molecule has 12 heteroatoms. The molecule has 0 spiro atoms. The molecule has 0 aromatic heterocycles. The van der Waals surface area contributed by atoms with Crippen LogP contribution in [0.3, 0.4) is 0 Å². The molecule has 1 heterocycles. The Morgan fingerprint density at radius 1 is 1.00 bits per heavy atom. The van der Waals surface area contributed by atoms with Gasteiger partial charge in [0.05, 0.1) is 12.0 Å². The fraction of sp³-hybridized carbons (Fsp3) is 0.286. The maximum atomic E-state index is 13.9.